The lowest BCUT2D eigenvalue weighted by Gasteiger charge is -2.15. The predicted molar refractivity (Wildman–Crippen MR) is 127 cm³/mol. The number of rotatable bonds is 10. The molecule has 33 heavy (non-hydrogen) atoms. The monoisotopic (exact) mass is 450 g/mol. The number of amides is 1. The van der Waals surface area contributed by atoms with Crippen LogP contribution < -0.4 is 19.5 Å². The SMILES string of the molecule is COc1cc(-c2cc3ncccc3c(OCC3CNC(=O)C3)n2)ccc1OCCCN(C)C. The summed E-state index contributed by atoms with van der Waals surface area (Å²) in [5.41, 5.74) is 2.40. The van der Waals surface area contributed by atoms with E-state index in [0.29, 0.717) is 43.6 Å². The van der Waals surface area contributed by atoms with Crippen molar-refractivity contribution in [3.05, 3.63) is 42.6 Å². The van der Waals surface area contributed by atoms with Gasteiger partial charge in [-0.2, -0.15) is 0 Å². The predicted octanol–water partition coefficient (Wildman–Crippen LogP) is 3.15. The Morgan fingerprint density at radius 2 is 2.03 bits per heavy atom. The number of nitrogens with one attached hydrogen (secondary N) is 1. The van der Waals surface area contributed by atoms with Crippen molar-refractivity contribution in [3.63, 3.8) is 0 Å². The molecule has 0 spiro atoms. The van der Waals surface area contributed by atoms with Gasteiger partial charge in [0.15, 0.2) is 11.5 Å². The first-order chi connectivity index (χ1) is 16.0. The van der Waals surface area contributed by atoms with Gasteiger partial charge in [-0.3, -0.25) is 9.78 Å². The van der Waals surface area contributed by atoms with E-state index in [0.717, 1.165) is 35.1 Å². The van der Waals surface area contributed by atoms with Crippen molar-refractivity contribution < 1.29 is 19.0 Å². The first kappa shape index (κ1) is 22.8. The fraction of sp³-hybridized carbons (Fsp3) is 0.400. The molecule has 1 N–H and O–H groups in total. The molecule has 0 bridgehead atoms. The van der Waals surface area contributed by atoms with Crippen LogP contribution in [-0.2, 0) is 4.79 Å². The number of aromatic nitrogens is 2. The third-order valence-corrected chi connectivity index (χ3v) is 5.55. The average Bonchev–Trinajstić information content (AvgIpc) is 3.25. The summed E-state index contributed by atoms with van der Waals surface area (Å²) in [4.78, 5) is 22.9. The number of pyridine rings is 2. The standard InChI is InChI=1S/C25H30N4O4/c1-29(2)10-5-11-32-22-8-7-18(13-23(22)31-3)20-14-21-19(6-4-9-26-21)25(28-20)33-16-17-12-24(30)27-15-17/h4,6-9,13-14,17H,5,10-12,15-16H2,1-3H3,(H,27,30). The van der Waals surface area contributed by atoms with E-state index in [1.165, 1.54) is 0 Å². The molecular formula is C25H30N4O4. The topological polar surface area (TPSA) is 85.8 Å². The quantitative estimate of drug-likeness (QED) is 0.475. The van der Waals surface area contributed by atoms with Crippen molar-refractivity contribution in [3.8, 4) is 28.6 Å². The summed E-state index contributed by atoms with van der Waals surface area (Å²) in [5, 5.41) is 3.68. The Hall–Kier alpha value is -3.39. The Morgan fingerprint density at radius 3 is 2.79 bits per heavy atom. The van der Waals surface area contributed by atoms with Gasteiger partial charge in [0.2, 0.25) is 11.8 Å². The summed E-state index contributed by atoms with van der Waals surface area (Å²) in [6.07, 6.45) is 3.16. The van der Waals surface area contributed by atoms with E-state index in [2.05, 4.69) is 15.2 Å². The molecule has 0 radical (unpaired) electrons. The Labute approximate surface area is 193 Å². The normalized spacial score (nSPS) is 15.6. The summed E-state index contributed by atoms with van der Waals surface area (Å²) in [7, 11) is 5.72. The molecule has 1 atom stereocenters. The van der Waals surface area contributed by atoms with Gasteiger partial charge in [-0.1, -0.05) is 0 Å². The molecule has 174 valence electrons. The van der Waals surface area contributed by atoms with Crippen molar-refractivity contribution >= 4 is 16.8 Å². The Kier molecular flexibility index (Phi) is 7.24. The van der Waals surface area contributed by atoms with Gasteiger partial charge in [-0.25, -0.2) is 4.98 Å². The maximum Gasteiger partial charge on any atom is 0.223 e. The van der Waals surface area contributed by atoms with Crippen LogP contribution in [0.4, 0.5) is 0 Å². The molecule has 1 saturated heterocycles. The molecule has 1 unspecified atom stereocenters. The van der Waals surface area contributed by atoms with Gasteiger partial charge in [0.05, 0.1) is 36.9 Å². The van der Waals surface area contributed by atoms with E-state index < -0.39 is 0 Å². The Morgan fingerprint density at radius 1 is 1.15 bits per heavy atom. The van der Waals surface area contributed by atoms with Crippen LogP contribution in [0.25, 0.3) is 22.2 Å². The van der Waals surface area contributed by atoms with Crippen molar-refractivity contribution in [2.45, 2.75) is 12.8 Å². The number of carbonyl (C=O) groups is 1. The van der Waals surface area contributed by atoms with Gasteiger partial charge >= 0.3 is 0 Å². The highest BCUT2D eigenvalue weighted by Crippen LogP contribution is 2.34. The number of hydrogen-bond donors (Lipinski definition) is 1. The lowest BCUT2D eigenvalue weighted by molar-refractivity contribution is -0.119. The minimum absolute atomic E-state index is 0.0629. The molecule has 3 heterocycles. The zero-order valence-electron chi connectivity index (χ0n) is 19.3. The second-order valence-electron chi connectivity index (χ2n) is 8.44. The maximum atomic E-state index is 11.5. The van der Waals surface area contributed by atoms with Crippen LogP contribution in [0.1, 0.15) is 12.8 Å². The lowest BCUT2D eigenvalue weighted by atomic mass is 10.1. The summed E-state index contributed by atoms with van der Waals surface area (Å²) < 4.78 is 17.6. The molecular weight excluding hydrogens is 420 g/mol. The van der Waals surface area contributed by atoms with Crippen LogP contribution in [0.2, 0.25) is 0 Å². The molecule has 8 nitrogen and oxygen atoms in total. The van der Waals surface area contributed by atoms with Gasteiger partial charge < -0.3 is 24.4 Å². The van der Waals surface area contributed by atoms with Gasteiger partial charge in [0.25, 0.3) is 0 Å². The molecule has 0 saturated carbocycles. The van der Waals surface area contributed by atoms with Gasteiger partial charge in [0.1, 0.15) is 0 Å². The highest BCUT2D eigenvalue weighted by molar-refractivity contribution is 5.87. The van der Waals surface area contributed by atoms with Crippen molar-refractivity contribution in [2.75, 3.05) is 47.5 Å². The largest absolute Gasteiger partial charge is 0.493 e. The molecule has 1 aromatic carbocycles. The number of fused-ring (bicyclic) bond motifs is 1. The summed E-state index contributed by atoms with van der Waals surface area (Å²) >= 11 is 0. The Bertz CT molecular complexity index is 1120. The van der Waals surface area contributed by atoms with E-state index in [1.54, 1.807) is 13.3 Å². The van der Waals surface area contributed by atoms with E-state index in [-0.39, 0.29) is 11.8 Å². The molecule has 0 aliphatic carbocycles. The molecule has 1 aliphatic heterocycles. The van der Waals surface area contributed by atoms with Crippen molar-refractivity contribution in [1.29, 1.82) is 0 Å². The minimum atomic E-state index is 0.0629. The first-order valence-electron chi connectivity index (χ1n) is 11.1. The average molecular weight is 451 g/mol. The van der Waals surface area contributed by atoms with Crippen LogP contribution in [0.5, 0.6) is 17.4 Å². The van der Waals surface area contributed by atoms with Crippen LogP contribution >= 0.6 is 0 Å². The summed E-state index contributed by atoms with van der Waals surface area (Å²) in [5.74, 6) is 2.07. The Balaban J connectivity index is 1.57. The summed E-state index contributed by atoms with van der Waals surface area (Å²) in [6.45, 7) is 2.62. The van der Waals surface area contributed by atoms with Gasteiger partial charge in [-0.05, 0) is 56.9 Å². The third kappa shape index (κ3) is 5.70. The molecule has 1 aliphatic rings. The van der Waals surface area contributed by atoms with E-state index >= 15 is 0 Å². The molecule has 8 heteroatoms. The minimum Gasteiger partial charge on any atom is -0.493 e. The highest BCUT2D eigenvalue weighted by Gasteiger charge is 2.22. The van der Waals surface area contributed by atoms with E-state index in [1.807, 2.05) is 50.5 Å². The number of benzene rings is 1. The van der Waals surface area contributed by atoms with Crippen LogP contribution in [0, 0.1) is 5.92 Å². The number of carbonyl (C=O) groups excluding carboxylic acids is 1. The molecule has 1 amide bonds. The highest BCUT2D eigenvalue weighted by atomic mass is 16.5. The number of nitrogens with zero attached hydrogens (tertiary/aromatic N) is 3. The van der Waals surface area contributed by atoms with Crippen LogP contribution in [0.15, 0.2) is 42.6 Å². The van der Waals surface area contributed by atoms with Crippen molar-refractivity contribution in [1.82, 2.24) is 20.2 Å². The molecule has 4 rings (SSSR count). The molecule has 3 aromatic rings. The third-order valence-electron chi connectivity index (χ3n) is 5.55. The van der Waals surface area contributed by atoms with Crippen molar-refractivity contribution in [2.24, 2.45) is 5.92 Å². The number of methoxy groups -OCH3 is 1. The molecule has 1 fully saturated rings. The van der Waals surface area contributed by atoms with Crippen LogP contribution in [-0.4, -0.2) is 68.3 Å². The fourth-order valence-corrected chi connectivity index (χ4v) is 3.79. The maximum absolute atomic E-state index is 11.5. The zero-order valence-corrected chi connectivity index (χ0v) is 19.3. The van der Waals surface area contributed by atoms with Crippen LogP contribution in [0.3, 0.4) is 0 Å². The molecule has 2 aromatic heterocycles. The number of hydrogen-bond acceptors (Lipinski definition) is 7. The van der Waals surface area contributed by atoms with E-state index in [9.17, 15) is 4.79 Å². The lowest BCUT2D eigenvalue weighted by Crippen LogP contribution is -2.17. The van der Waals surface area contributed by atoms with Gasteiger partial charge in [0, 0.05) is 37.2 Å². The summed E-state index contributed by atoms with van der Waals surface area (Å²) in [6, 6.07) is 11.5. The first-order valence-corrected chi connectivity index (χ1v) is 11.1. The smallest absolute Gasteiger partial charge is 0.223 e. The second-order valence-corrected chi connectivity index (χ2v) is 8.44. The zero-order chi connectivity index (χ0) is 23.2. The second kappa shape index (κ2) is 10.5. The number of ether oxygens (including phenoxy) is 3. The fourth-order valence-electron chi connectivity index (χ4n) is 3.79. The van der Waals surface area contributed by atoms with Gasteiger partial charge in [-0.15, -0.1) is 0 Å². The van der Waals surface area contributed by atoms with E-state index in [4.69, 9.17) is 19.2 Å².